The zero-order valence-electron chi connectivity index (χ0n) is 15.3. The second kappa shape index (κ2) is 7.09. The number of aryl methyl sites for hydroxylation is 2. The molecule has 3 rings (SSSR count). The summed E-state index contributed by atoms with van der Waals surface area (Å²) in [6.45, 7) is 7.54. The summed E-state index contributed by atoms with van der Waals surface area (Å²) in [7, 11) is 0. The third kappa shape index (κ3) is 3.50. The second-order valence-corrected chi connectivity index (χ2v) is 6.48. The number of carbonyl (C=O) groups is 1. The number of nitrogens with one attached hydrogen (secondary N) is 1. The number of amides is 1. The number of aliphatic hydroxyl groups is 1. The fraction of sp³-hybridized carbons (Fsp3) is 0.250. The third-order valence-electron chi connectivity index (χ3n) is 4.32. The van der Waals surface area contributed by atoms with Crippen LogP contribution < -0.4 is 5.32 Å². The second-order valence-electron chi connectivity index (χ2n) is 6.48. The first kappa shape index (κ1) is 17.8. The summed E-state index contributed by atoms with van der Waals surface area (Å²) >= 11 is 0. The molecule has 6 nitrogen and oxygen atoms in total. The molecule has 0 unspecified atom stereocenters. The van der Waals surface area contributed by atoms with Gasteiger partial charge in [0.15, 0.2) is 5.69 Å². The molecule has 0 radical (unpaired) electrons. The zero-order valence-corrected chi connectivity index (χ0v) is 15.3. The van der Waals surface area contributed by atoms with Crippen LogP contribution in [0, 0.1) is 20.8 Å². The van der Waals surface area contributed by atoms with Crippen molar-refractivity contribution in [2.45, 2.75) is 33.8 Å². The lowest BCUT2D eigenvalue weighted by Gasteiger charge is -2.09. The van der Waals surface area contributed by atoms with Crippen molar-refractivity contribution in [2.75, 3.05) is 5.32 Å². The molecule has 0 saturated carbocycles. The maximum atomic E-state index is 12.6. The normalized spacial score (nSPS) is 12.0. The summed E-state index contributed by atoms with van der Waals surface area (Å²) in [6, 6.07) is 13.2. The molecule has 2 aromatic carbocycles. The van der Waals surface area contributed by atoms with E-state index in [0.29, 0.717) is 11.4 Å². The van der Waals surface area contributed by atoms with Gasteiger partial charge < -0.3 is 10.4 Å². The molecule has 26 heavy (non-hydrogen) atoms. The van der Waals surface area contributed by atoms with Crippen molar-refractivity contribution < 1.29 is 9.90 Å². The average Bonchev–Trinajstić information content (AvgIpc) is 2.96. The first-order valence-corrected chi connectivity index (χ1v) is 8.46. The molecule has 134 valence electrons. The molecule has 0 aliphatic heterocycles. The summed E-state index contributed by atoms with van der Waals surface area (Å²) in [4.78, 5) is 12.6. The van der Waals surface area contributed by atoms with E-state index in [1.807, 2.05) is 39.0 Å². The quantitative estimate of drug-likeness (QED) is 0.755. The van der Waals surface area contributed by atoms with E-state index in [0.717, 1.165) is 16.8 Å². The molecule has 0 aliphatic rings. The van der Waals surface area contributed by atoms with Gasteiger partial charge in [0, 0.05) is 5.69 Å². The molecule has 6 heteroatoms. The number of hydrogen-bond donors (Lipinski definition) is 2. The summed E-state index contributed by atoms with van der Waals surface area (Å²) in [5.41, 5.74) is 5.41. The average molecular weight is 350 g/mol. The van der Waals surface area contributed by atoms with E-state index in [2.05, 4.69) is 21.7 Å². The topological polar surface area (TPSA) is 80.0 Å². The van der Waals surface area contributed by atoms with Crippen LogP contribution in [0.2, 0.25) is 0 Å². The smallest absolute Gasteiger partial charge is 0.278 e. The largest absolute Gasteiger partial charge is 0.389 e. The molecule has 0 saturated heterocycles. The molecule has 3 aromatic rings. The van der Waals surface area contributed by atoms with Gasteiger partial charge in [-0.1, -0.05) is 35.0 Å². The Balaban J connectivity index is 1.87. The standard InChI is InChI=1S/C20H22N4O2/c1-12-8-9-18(13(2)10-12)24-14(3)19(22-23-24)20(26)21-17-7-5-6-16(11-17)15(4)25/h5-11,15,25H,1-4H3,(H,21,26)/t15-/m0/s1. The Morgan fingerprint density at radius 3 is 2.62 bits per heavy atom. The molecular formula is C20H22N4O2. The van der Waals surface area contributed by atoms with E-state index in [1.54, 1.807) is 29.8 Å². The van der Waals surface area contributed by atoms with E-state index in [-0.39, 0.29) is 11.6 Å². The minimum atomic E-state index is -0.598. The van der Waals surface area contributed by atoms with Crippen molar-refractivity contribution in [2.24, 2.45) is 0 Å². The van der Waals surface area contributed by atoms with E-state index in [9.17, 15) is 9.90 Å². The van der Waals surface area contributed by atoms with Gasteiger partial charge in [-0.25, -0.2) is 4.68 Å². The van der Waals surface area contributed by atoms with Crippen molar-refractivity contribution in [3.8, 4) is 5.69 Å². The summed E-state index contributed by atoms with van der Waals surface area (Å²) in [5.74, 6) is -0.332. The van der Waals surface area contributed by atoms with Gasteiger partial charge in [-0.3, -0.25) is 4.79 Å². The van der Waals surface area contributed by atoms with E-state index in [1.165, 1.54) is 5.56 Å². The fourth-order valence-electron chi connectivity index (χ4n) is 2.88. The molecule has 1 aromatic heterocycles. The Labute approximate surface area is 152 Å². The number of aliphatic hydroxyl groups excluding tert-OH is 1. The van der Waals surface area contributed by atoms with Crippen LogP contribution in [0.5, 0.6) is 0 Å². The van der Waals surface area contributed by atoms with Gasteiger partial charge in [0.2, 0.25) is 0 Å². The van der Waals surface area contributed by atoms with Gasteiger partial charge in [-0.2, -0.15) is 0 Å². The Kier molecular flexibility index (Phi) is 4.86. The van der Waals surface area contributed by atoms with Crippen molar-refractivity contribution in [1.29, 1.82) is 0 Å². The molecule has 1 amide bonds. The van der Waals surface area contributed by atoms with Gasteiger partial charge in [-0.15, -0.1) is 5.10 Å². The number of benzene rings is 2. The highest BCUT2D eigenvalue weighted by Crippen LogP contribution is 2.20. The lowest BCUT2D eigenvalue weighted by Crippen LogP contribution is -2.14. The van der Waals surface area contributed by atoms with Crippen molar-refractivity contribution in [3.63, 3.8) is 0 Å². The monoisotopic (exact) mass is 350 g/mol. The van der Waals surface area contributed by atoms with Crippen LogP contribution in [0.4, 0.5) is 5.69 Å². The minimum absolute atomic E-state index is 0.271. The number of nitrogens with zero attached hydrogens (tertiary/aromatic N) is 3. The number of hydrogen-bond acceptors (Lipinski definition) is 4. The lowest BCUT2D eigenvalue weighted by molar-refractivity contribution is 0.102. The fourth-order valence-corrected chi connectivity index (χ4v) is 2.88. The number of anilines is 1. The zero-order chi connectivity index (χ0) is 18.8. The molecule has 1 heterocycles. The van der Waals surface area contributed by atoms with E-state index in [4.69, 9.17) is 0 Å². The Bertz CT molecular complexity index is 960. The van der Waals surface area contributed by atoms with Gasteiger partial charge >= 0.3 is 0 Å². The Morgan fingerprint density at radius 2 is 1.92 bits per heavy atom. The van der Waals surface area contributed by atoms with E-state index < -0.39 is 6.10 Å². The first-order chi connectivity index (χ1) is 12.4. The van der Waals surface area contributed by atoms with Gasteiger partial charge in [0.25, 0.3) is 5.91 Å². The van der Waals surface area contributed by atoms with Crippen molar-refractivity contribution in [1.82, 2.24) is 15.0 Å². The van der Waals surface area contributed by atoms with Crippen LogP contribution in [0.3, 0.4) is 0 Å². The predicted octanol–water partition coefficient (Wildman–Crippen LogP) is 3.50. The van der Waals surface area contributed by atoms with Crippen LogP contribution in [-0.4, -0.2) is 26.0 Å². The predicted molar refractivity (Wildman–Crippen MR) is 101 cm³/mol. The molecule has 0 fully saturated rings. The number of carbonyl (C=O) groups excluding carboxylic acids is 1. The molecular weight excluding hydrogens is 328 g/mol. The van der Waals surface area contributed by atoms with Gasteiger partial charge in [-0.05, 0) is 57.0 Å². The molecule has 0 spiro atoms. The highest BCUT2D eigenvalue weighted by Gasteiger charge is 2.18. The van der Waals surface area contributed by atoms with Crippen LogP contribution in [0.15, 0.2) is 42.5 Å². The highest BCUT2D eigenvalue weighted by atomic mass is 16.3. The molecule has 1 atom stereocenters. The highest BCUT2D eigenvalue weighted by molar-refractivity contribution is 6.03. The maximum absolute atomic E-state index is 12.6. The molecule has 0 aliphatic carbocycles. The number of rotatable bonds is 4. The van der Waals surface area contributed by atoms with Crippen LogP contribution in [0.1, 0.15) is 45.9 Å². The number of aromatic nitrogens is 3. The Hall–Kier alpha value is -2.99. The first-order valence-electron chi connectivity index (χ1n) is 8.46. The van der Waals surface area contributed by atoms with Crippen LogP contribution >= 0.6 is 0 Å². The Morgan fingerprint density at radius 1 is 1.15 bits per heavy atom. The SMILES string of the molecule is Cc1ccc(-n2nnc(C(=O)Nc3cccc([C@H](C)O)c3)c2C)c(C)c1. The van der Waals surface area contributed by atoms with Crippen LogP contribution in [0.25, 0.3) is 5.69 Å². The lowest BCUT2D eigenvalue weighted by atomic mass is 10.1. The summed E-state index contributed by atoms with van der Waals surface area (Å²) in [5, 5.41) is 20.7. The van der Waals surface area contributed by atoms with Gasteiger partial charge in [0.05, 0.1) is 17.5 Å². The van der Waals surface area contributed by atoms with E-state index >= 15 is 0 Å². The van der Waals surface area contributed by atoms with Crippen LogP contribution in [-0.2, 0) is 0 Å². The van der Waals surface area contributed by atoms with Crippen molar-refractivity contribution in [3.05, 3.63) is 70.5 Å². The summed E-state index contributed by atoms with van der Waals surface area (Å²) < 4.78 is 1.68. The summed E-state index contributed by atoms with van der Waals surface area (Å²) in [6.07, 6.45) is -0.598. The molecule has 0 bridgehead atoms. The maximum Gasteiger partial charge on any atom is 0.278 e. The minimum Gasteiger partial charge on any atom is -0.389 e. The van der Waals surface area contributed by atoms with Gasteiger partial charge in [0.1, 0.15) is 0 Å². The van der Waals surface area contributed by atoms with Crippen molar-refractivity contribution >= 4 is 11.6 Å². The third-order valence-corrected chi connectivity index (χ3v) is 4.32. The molecule has 2 N–H and O–H groups in total.